The Labute approximate surface area is 110 Å². The fourth-order valence-electron chi connectivity index (χ4n) is 1.80. The van der Waals surface area contributed by atoms with Gasteiger partial charge in [-0.15, -0.1) is 0 Å². The van der Waals surface area contributed by atoms with Crippen LogP contribution in [-0.4, -0.2) is 14.2 Å². The number of ether oxygens (including phenoxy) is 1. The molecule has 0 bridgehead atoms. The SMILES string of the molecule is CNC(c1ccc(Cl)o1)c1ccc(OC)cc1F. The highest BCUT2D eigenvalue weighted by molar-refractivity contribution is 6.28. The number of nitrogens with one attached hydrogen (secondary N) is 1. The van der Waals surface area contributed by atoms with Crippen molar-refractivity contribution in [2.75, 3.05) is 14.2 Å². The molecule has 1 atom stereocenters. The first-order chi connectivity index (χ1) is 8.65. The standard InChI is InChI=1S/C13H13ClFNO2/c1-16-13(11-5-6-12(14)18-11)9-4-3-8(17-2)7-10(9)15/h3-7,13,16H,1-2H3. The van der Waals surface area contributed by atoms with E-state index in [-0.39, 0.29) is 17.1 Å². The molecule has 18 heavy (non-hydrogen) atoms. The third-order valence-electron chi connectivity index (χ3n) is 2.69. The van der Waals surface area contributed by atoms with E-state index < -0.39 is 0 Å². The van der Waals surface area contributed by atoms with Crippen LogP contribution in [0, 0.1) is 5.82 Å². The van der Waals surface area contributed by atoms with Crippen molar-refractivity contribution in [2.24, 2.45) is 0 Å². The molecule has 96 valence electrons. The van der Waals surface area contributed by atoms with E-state index in [4.69, 9.17) is 20.8 Å². The maximum atomic E-state index is 14.0. The summed E-state index contributed by atoms with van der Waals surface area (Å²) in [6.07, 6.45) is 0. The van der Waals surface area contributed by atoms with Crippen molar-refractivity contribution in [3.63, 3.8) is 0 Å². The normalized spacial score (nSPS) is 12.4. The molecule has 0 aliphatic rings. The molecule has 3 nitrogen and oxygen atoms in total. The van der Waals surface area contributed by atoms with Crippen molar-refractivity contribution in [3.05, 3.63) is 52.7 Å². The number of hydrogen-bond donors (Lipinski definition) is 1. The lowest BCUT2D eigenvalue weighted by molar-refractivity contribution is 0.408. The molecule has 0 saturated carbocycles. The minimum Gasteiger partial charge on any atom is -0.497 e. The number of methoxy groups -OCH3 is 1. The highest BCUT2D eigenvalue weighted by atomic mass is 35.5. The molecule has 1 aromatic carbocycles. The average Bonchev–Trinajstić information content (AvgIpc) is 2.78. The van der Waals surface area contributed by atoms with Gasteiger partial charge >= 0.3 is 0 Å². The molecule has 5 heteroatoms. The smallest absolute Gasteiger partial charge is 0.193 e. The summed E-state index contributed by atoms with van der Waals surface area (Å²) < 4.78 is 24.2. The predicted molar refractivity (Wildman–Crippen MR) is 67.6 cm³/mol. The van der Waals surface area contributed by atoms with Crippen molar-refractivity contribution >= 4 is 11.6 Å². The van der Waals surface area contributed by atoms with Crippen LogP contribution < -0.4 is 10.1 Å². The van der Waals surface area contributed by atoms with Gasteiger partial charge in [0.1, 0.15) is 17.3 Å². The van der Waals surface area contributed by atoms with Crippen LogP contribution in [0.5, 0.6) is 5.75 Å². The average molecular weight is 270 g/mol. The second-order valence-corrected chi connectivity index (χ2v) is 4.12. The fraction of sp³-hybridized carbons (Fsp3) is 0.231. The lowest BCUT2D eigenvalue weighted by Crippen LogP contribution is -2.18. The zero-order chi connectivity index (χ0) is 13.1. The maximum absolute atomic E-state index is 14.0. The molecule has 2 rings (SSSR count). The quantitative estimate of drug-likeness (QED) is 0.924. The summed E-state index contributed by atoms with van der Waals surface area (Å²) in [5, 5.41) is 3.27. The van der Waals surface area contributed by atoms with Gasteiger partial charge in [-0.05, 0) is 36.8 Å². The van der Waals surface area contributed by atoms with Gasteiger partial charge < -0.3 is 14.5 Å². The molecule has 0 amide bonds. The van der Waals surface area contributed by atoms with Gasteiger partial charge in [-0.2, -0.15) is 0 Å². The van der Waals surface area contributed by atoms with Gasteiger partial charge in [0.25, 0.3) is 0 Å². The third kappa shape index (κ3) is 2.49. The predicted octanol–water partition coefficient (Wildman–Crippen LogP) is 3.39. The maximum Gasteiger partial charge on any atom is 0.193 e. The summed E-state index contributed by atoms with van der Waals surface area (Å²) in [5.74, 6) is 0.677. The summed E-state index contributed by atoms with van der Waals surface area (Å²) in [6, 6.07) is 7.66. The summed E-state index contributed by atoms with van der Waals surface area (Å²) in [4.78, 5) is 0. The van der Waals surface area contributed by atoms with Crippen molar-refractivity contribution < 1.29 is 13.5 Å². The Kier molecular flexibility index (Phi) is 3.89. The van der Waals surface area contributed by atoms with Gasteiger partial charge in [-0.1, -0.05) is 6.07 Å². The first-order valence-corrected chi connectivity index (χ1v) is 5.79. The number of furan rings is 1. The van der Waals surface area contributed by atoms with E-state index in [9.17, 15) is 4.39 Å². The van der Waals surface area contributed by atoms with E-state index in [1.807, 2.05) is 0 Å². The van der Waals surface area contributed by atoms with E-state index >= 15 is 0 Å². The molecule has 1 aromatic heterocycles. The largest absolute Gasteiger partial charge is 0.497 e. The summed E-state index contributed by atoms with van der Waals surface area (Å²) in [7, 11) is 3.22. The molecule has 2 aromatic rings. The van der Waals surface area contributed by atoms with Crippen LogP contribution in [0.1, 0.15) is 17.4 Å². The van der Waals surface area contributed by atoms with E-state index in [2.05, 4.69) is 5.32 Å². The summed E-state index contributed by atoms with van der Waals surface area (Å²) in [5.41, 5.74) is 0.476. The fourth-order valence-corrected chi connectivity index (χ4v) is 1.96. The Bertz CT molecular complexity index is 542. The molecular formula is C13H13ClFNO2. The Balaban J connectivity index is 2.39. The number of rotatable bonds is 4. The number of hydrogen-bond acceptors (Lipinski definition) is 3. The molecule has 1 N–H and O–H groups in total. The minimum absolute atomic E-state index is 0.277. The number of halogens is 2. The van der Waals surface area contributed by atoms with Crippen LogP contribution in [0.2, 0.25) is 5.22 Å². The van der Waals surface area contributed by atoms with Gasteiger partial charge in [0, 0.05) is 11.6 Å². The van der Waals surface area contributed by atoms with Crippen molar-refractivity contribution in [3.8, 4) is 5.75 Å². The van der Waals surface area contributed by atoms with Crippen LogP contribution in [-0.2, 0) is 0 Å². The summed E-state index contributed by atoms with van der Waals surface area (Å²) in [6.45, 7) is 0. The Morgan fingerprint density at radius 1 is 1.33 bits per heavy atom. The highest BCUT2D eigenvalue weighted by Gasteiger charge is 2.19. The molecule has 1 unspecified atom stereocenters. The lowest BCUT2D eigenvalue weighted by atomic mass is 10.0. The van der Waals surface area contributed by atoms with Gasteiger partial charge in [-0.25, -0.2) is 4.39 Å². The van der Waals surface area contributed by atoms with E-state index in [0.717, 1.165) is 0 Å². The van der Waals surface area contributed by atoms with Crippen LogP contribution >= 0.6 is 11.6 Å². The van der Waals surface area contributed by atoms with E-state index in [0.29, 0.717) is 17.1 Å². The monoisotopic (exact) mass is 269 g/mol. The molecular weight excluding hydrogens is 257 g/mol. The van der Waals surface area contributed by atoms with Gasteiger partial charge in [0.15, 0.2) is 5.22 Å². The first-order valence-electron chi connectivity index (χ1n) is 5.41. The minimum atomic E-state index is -0.386. The Morgan fingerprint density at radius 3 is 2.61 bits per heavy atom. The van der Waals surface area contributed by atoms with Crippen LogP contribution in [0.15, 0.2) is 34.7 Å². The van der Waals surface area contributed by atoms with Gasteiger partial charge in [-0.3, -0.25) is 0 Å². The third-order valence-corrected chi connectivity index (χ3v) is 2.89. The number of benzene rings is 1. The van der Waals surface area contributed by atoms with Crippen LogP contribution in [0.25, 0.3) is 0 Å². The van der Waals surface area contributed by atoms with Crippen molar-refractivity contribution in [1.82, 2.24) is 5.32 Å². The van der Waals surface area contributed by atoms with Crippen LogP contribution in [0.4, 0.5) is 4.39 Å². The van der Waals surface area contributed by atoms with Crippen molar-refractivity contribution in [1.29, 1.82) is 0 Å². The zero-order valence-electron chi connectivity index (χ0n) is 10.0. The highest BCUT2D eigenvalue weighted by Crippen LogP contribution is 2.29. The van der Waals surface area contributed by atoms with E-state index in [1.54, 1.807) is 31.3 Å². The zero-order valence-corrected chi connectivity index (χ0v) is 10.8. The Morgan fingerprint density at radius 2 is 2.11 bits per heavy atom. The van der Waals surface area contributed by atoms with Crippen LogP contribution in [0.3, 0.4) is 0 Å². The molecule has 0 radical (unpaired) electrons. The Hall–Kier alpha value is -1.52. The second kappa shape index (κ2) is 5.42. The molecule has 0 aliphatic carbocycles. The molecule has 0 aliphatic heterocycles. The summed E-state index contributed by atoms with van der Waals surface area (Å²) >= 11 is 5.73. The molecule has 1 heterocycles. The first kappa shape index (κ1) is 12.9. The topological polar surface area (TPSA) is 34.4 Å². The van der Waals surface area contributed by atoms with Crippen molar-refractivity contribution in [2.45, 2.75) is 6.04 Å². The lowest BCUT2D eigenvalue weighted by Gasteiger charge is -2.15. The van der Waals surface area contributed by atoms with Gasteiger partial charge in [0.05, 0.1) is 13.2 Å². The van der Waals surface area contributed by atoms with Gasteiger partial charge in [0.2, 0.25) is 0 Å². The van der Waals surface area contributed by atoms with E-state index in [1.165, 1.54) is 13.2 Å². The molecule has 0 fully saturated rings. The molecule has 0 spiro atoms. The second-order valence-electron chi connectivity index (χ2n) is 3.75. The molecule has 0 saturated heterocycles.